The van der Waals surface area contributed by atoms with Gasteiger partial charge in [0.05, 0.1) is 24.0 Å². The number of aryl methyl sites for hydroxylation is 1. The van der Waals surface area contributed by atoms with E-state index in [-0.39, 0.29) is 18.1 Å². The van der Waals surface area contributed by atoms with Gasteiger partial charge in [0, 0.05) is 0 Å². The first kappa shape index (κ1) is 13.1. The first-order valence-electron chi connectivity index (χ1n) is 5.06. The lowest BCUT2D eigenvalue weighted by molar-refractivity contribution is -0.385. The van der Waals surface area contributed by atoms with E-state index in [9.17, 15) is 14.9 Å². The predicted molar refractivity (Wildman–Crippen MR) is 59.6 cm³/mol. The van der Waals surface area contributed by atoms with Crippen LogP contribution in [0.2, 0.25) is 0 Å². The molecule has 0 aliphatic carbocycles. The fourth-order valence-corrected chi connectivity index (χ4v) is 1.45. The minimum absolute atomic E-state index is 0.0528. The van der Waals surface area contributed by atoms with Crippen LogP contribution in [0.1, 0.15) is 26.0 Å². The molecule has 0 fully saturated rings. The number of hydrogen-bond donors (Lipinski definition) is 0. The Kier molecular flexibility index (Phi) is 3.50. The number of carbonyl (C=O) groups is 1. The van der Waals surface area contributed by atoms with Crippen molar-refractivity contribution < 1.29 is 14.5 Å². The molecule has 0 N–H and O–H groups in total. The molecule has 0 aromatic carbocycles. The molecule has 1 aromatic rings. The fourth-order valence-electron chi connectivity index (χ4n) is 1.45. The summed E-state index contributed by atoms with van der Waals surface area (Å²) in [4.78, 5) is 21.4. The lowest BCUT2D eigenvalue weighted by Crippen LogP contribution is -2.30. The van der Waals surface area contributed by atoms with Crippen molar-refractivity contribution in [3.05, 3.63) is 22.0 Å². The van der Waals surface area contributed by atoms with E-state index in [1.807, 2.05) is 0 Å². The Morgan fingerprint density at radius 3 is 2.65 bits per heavy atom. The number of hydrogen-bond acceptors (Lipinski definition) is 5. The van der Waals surface area contributed by atoms with Crippen LogP contribution in [0.15, 0.2) is 6.20 Å². The number of carbonyl (C=O) groups excluding carboxylic acids is 1. The smallest absolute Gasteiger partial charge is 0.309 e. The largest absolute Gasteiger partial charge is 0.469 e. The van der Waals surface area contributed by atoms with Crippen molar-refractivity contribution in [2.75, 3.05) is 7.11 Å². The van der Waals surface area contributed by atoms with E-state index in [1.165, 1.54) is 18.0 Å². The van der Waals surface area contributed by atoms with Crippen molar-refractivity contribution in [2.45, 2.75) is 32.7 Å². The number of esters is 1. The molecule has 0 radical (unpaired) electrons. The molecule has 1 aromatic heterocycles. The van der Waals surface area contributed by atoms with Gasteiger partial charge in [-0.25, -0.2) is 0 Å². The standard InChI is InChI=1S/C10H15N3O4/c1-7-8(13(15)16)6-12(11-7)10(2,3)5-9(14)17-4/h6H,5H2,1-4H3. The average molecular weight is 241 g/mol. The van der Waals surface area contributed by atoms with Crippen molar-refractivity contribution in [3.8, 4) is 0 Å². The van der Waals surface area contributed by atoms with E-state index in [0.717, 1.165) is 0 Å². The van der Waals surface area contributed by atoms with Crippen LogP contribution < -0.4 is 0 Å². The third kappa shape index (κ3) is 2.80. The van der Waals surface area contributed by atoms with Crippen molar-refractivity contribution >= 4 is 11.7 Å². The summed E-state index contributed by atoms with van der Waals surface area (Å²) < 4.78 is 6.01. The van der Waals surface area contributed by atoms with Gasteiger partial charge in [-0.3, -0.25) is 19.6 Å². The number of nitrogens with zero attached hydrogens (tertiary/aromatic N) is 3. The molecule has 0 aliphatic rings. The van der Waals surface area contributed by atoms with Gasteiger partial charge in [0.25, 0.3) is 0 Å². The Labute approximate surface area is 98.5 Å². The van der Waals surface area contributed by atoms with Crippen LogP contribution in [-0.2, 0) is 15.1 Å². The molecule has 17 heavy (non-hydrogen) atoms. The van der Waals surface area contributed by atoms with Gasteiger partial charge in [-0.2, -0.15) is 5.10 Å². The topological polar surface area (TPSA) is 87.3 Å². The second-order valence-electron chi connectivity index (χ2n) is 4.37. The van der Waals surface area contributed by atoms with Gasteiger partial charge in [0.2, 0.25) is 0 Å². The van der Waals surface area contributed by atoms with Crippen LogP contribution in [0.4, 0.5) is 5.69 Å². The Bertz CT molecular complexity index is 450. The molecular formula is C10H15N3O4. The molecule has 0 saturated carbocycles. The molecule has 0 bridgehead atoms. The SMILES string of the molecule is COC(=O)CC(C)(C)n1cc([N+](=O)[O-])c(C)n1. The number of aromatic nitrogens is 2. The van der Waals surface area contributed by atoms with Gasteiger partial charge >= 0.3 is 11.7 Å². The minimum atomic E-state index is -0.661. The zero-order chi connectivity index (χ0) is 13.2. The number of nitro groups is 1. The van der Waals surface area contributed by atoms with E-state index >= 15 is 0 Å². The van der Waals surface area contributed by atoms with Gasteiger partial charge in [-0.05, 0) is 20.8 Å². The lowest BCUT2D eigenvalue weighted by Gasteiger charge is -2.23. The number of methoxy groups -OCH3 is 1. The monoisotopic (exact) mass is 241 g/mol. The maximum absolute atomic E-state index is 11.2. The summed E-state index contributed by atoms with van der Waals surface area (Å²) in [7, 11) is 1.30. The van der Waals surface area contributed by atoms with Crippen LogP contribution >= 0.6 is 0 Å². The Morgan fingerprint density at radius 2 is 2.24 bits per heavy atom. The molecule has 0 amide bonds. The summed E-state index contributed by atoms with van der Waals surface area (Å²) in [5.41, 5.74) is -0.387. The Hall–Kier alpha value is -1.92. The highest BCUT2D eigenvalue weighted by molar-refractivity contribution is 5.70. The van der Waals surface area contributed by atoms with Gasteiger partial charge in [0.15, 0.2) is 0 Å². The molecule has 7 heteroatoms. The van der Waals surface area contributed by atoms with Crippen molar-refractivity contribution in [1.29, 1.82) is 0 Å². The van der Waals surface area contributed by atoms with Gasteiger partial charge in [-0.15, -0.1) is 0 Å². The summed E-state index contributed by atoms with van der Waals surface area (Å²) in [6.45, 7) is 5.09. The summed E-state index contributed by atoms with van der Waals surface area (Å²) >= 11 is 0. The summed E-state index contributed by atoms with van der Waals surface area (Å²) in [5, 5.41) is 14.8. The van der Waals surface area contributed by atoms with E-state index in [2.05, 4.69) is 9.84 Å². The second-order valence-corrected chi connectivity index (χ2v) is 4.37. The van der Waals surface area contributed by atoms with Gasteiger partial charge < -0.3 is 4.74 Å². The summed E-state index contributed by atoms with van der Waals surface area (Å²) in [5.74, 6) is -0.384. The van der Waals surface area contributed by atoms with E-state index < -0.39 is 10.5 Å². The summed E-state index contributed by atoms with van der Waals surface area (Å²) in [6.07, 6.45) is 1.43. The van der Waals surface area contributed by atoms with Crippen LogP contribution in [0.25, 0.3) is 0 Å². The molecular weight excluding hydrogens is 226 g/mol. The number of ether oxygens (including phenoxy) is 1. The highest BCUT2D eigenvalue weighted by Crippen LogP contribution is 2.24. The van der Waals surface area contributed by atoms with Crippen molar-refractivity contribution in [1.82, 2.24) is 9.78 Å². The van der Waals surface area contributed by atoms with E-state index in [0.29, 0.717) is 5.69 Å². The Morgan fingerprint density at radius 1 is 1.65 bits per heavy atom. The summed E-state index contributed by atoms with van der Waals surface area (Å²) in [6, 6.07) is 0. The van der Waals surface area contributed by atoms with Crippen LogP contribution in [0.3, 0.4) is 0 Å². The normalized spacial score (nSPS) is 11.3. The molecule has 94 valence electrons. The first-order chi connectivity index (χ1) is 7.77. The predicted octanol–water partition coefficient (Wildman–Crippen LogP) is 1.40. The molecule has 0 atom stereocenters. The maximum atomic E-state index is 11.2. The third-order valence-electron chi connectivity index (χ3n) is 2.49. The Balaban J connectivity index is 3.03. The van der Waals surface area contributed by atoms with Crippen molar-refractivity contribution in [3.63, 3.8) is 0 Å². The molecule has 1 heterocycles. The third-order valence-corrected chi connectivity index (χ3v) is 2.49. The first-order valence-corrected chi connectivity index (χ1v) is 5.06. The molecule has 0 unspecified atom stereocenters. The highest BCUT2D eigenvalue weighted by Gasteiger charge is 2.28. The quantitative estimate of drug-likeness (QED) is 0.451. The number of rotatable bonds is 4. The van der Waals surface area contributed by atoms with Crippen molar-refractivity contribution in [2.24, 2.45) is 0 Å². The minimum Gasteiger partial charge on any atom is -0.469 e. The zero-order valence-electron chi connectivity index (χ0n) is 10.3. The molecule has 0 spiro atoms. The van der Waals surface area contributed by atoms with Gasteiger partial charge in [0.1, 0.15) is 11.9 Å². The molecule has 7 nitrogen and oxygen atoms in total. The van der Waals surface area contributed by atoms with Crippen LogP contribution in [0, 0.1) is 17.0 Å². The average Bonchev–Trinajstić information content (AvgIpc) is 2.60. The fraction of sp³-hybridized carbons (Fsp3) is 0.600. The van der Waals surface area contributed by atoms with E-state index in [4.69, 9.17) is 0 Å². The van der Waals surface area contributed by atoms with E-state index in [1.54, 1.807) is 20.8 Å². The second kappa shape index (κ2) is 4.52. The van der Waals surface area contributed by atoms with Crippen LogP contribution in [-0.4, -0.2) is 27.8 Å². The molecule has 0 saturated heterocycles. The maximum Gasteiger partial charge on any atom is 0.309 e. The van der Waals surface area contributed by atoms with Gasteiger partial charge in [-0.1, -0.05) is 0 Å². The zero-order valence-corrected chi connectivity index (χ0v) is 10.3. The molecule has 1 rings (SSSR count). The molecule has 0 aliphatic heterocycles. The van der Waals surface area contributed by atoms with Crippen LogP contribution in [0.5, 0.6) is 0 Å². The highest BCUT2D eigenvalue weighted by atomic mass is 16.6. The lowest BCUT2D eigenvalue weighted by atomic mass is 10.0.